The molecule has 0 aliphatic heterocycles. The number of nitrogens with one attached hydrogen (secondary N) is 1. The fraction of sp³-hybridized carbons (Fsp3) is 0.400. The lowest BCUT2D eigenvalue weighted by atomic mass is 10.1. The maximum absolute atomic E-state index is 11.8. The summed E-state index contributed by atoms with van der Waals surface area (Å²) < 4.78 is 26.0. The van der Waals surface area contributed by atoms with Gasteiger partial charge in [0, 0.05) is 6.54 Å². The van der Waals surface area contributed by atoms with Crippen LogP contribution in [-0.4, -0.2) is 15.0 Å². The Balaban J connectivity index is 0. The van der Waals surface area contributed by atoms with E-state index in [0.29, 0.717) is 11.4 Å². The van der Waals surface area contributed by atoms with E-state index in [4.69, 9.17) is 0 Å². The molecule has 0 atom stereocenters. The standard InChI is InChI=1S/C14H15NO2S.3C2H6/c1-2-15-18(16,17)14-10-8-13(9-11-14)12-6-4-3-5-7-12;3*1-2/h3-11,15H,2H2,1H3;3*1-2H3. The van der Waals surface area contributed by atoms with Gasteiger partial charge in [0.25, 0.3) is 0 Å². The van der Waals surface area contributed by atoms with E-state index < -0.39 is 10.0 Å². The molecule has 0 fully saturated rings. The molecular formula is C20H33NO2S. The van der Waals surface area contributed by atoms with Gasteiger partial charge in [-0.3, -0.25) is 0 Å². The van der Waals surface area contributed by atoms with Gasteiger partial charge in [0.2, 0.25) is 10.0 Å². The van der Waals surface area contributed by atoms with Gasteiger partial charge in [-0.2, -0.15) is 0 Å². The van der Waals surface area contributed by atoms with Gasteiger partial charge in [-0.15, -0.1) is 0 Å². The number of sulfonamides is 1. The second-order valence-electron chi connectivity index (χ2n) is 3.89. The Bertz CT molecular complexity index is 606. The lowest BCUT2D eigenvalue weighted by Gasteiger charge is -2.06. The van der Waals surface area contributed by atoms with Gasteiger partial charge in [-0.05, 0) is 23.3 Å². The molecule has 0 saturated heterocycles. The van der Waals surface area contributed by atoms with Crippen molar-refractivity contribution >= 4 is 10.0 Å². The molecule has 2 rings (SSSR count). The van der Waals surface area contributed by atoms with Gasteiger partial charge in [0.05, 0.1) is 4.90 Å². The molecule has 1 N–H and O–H groups in total. The molecule has 136 valence electrons. The highest BCUT2D eigenvalue weighted by atomic mass is 32.2. The highest BCUT2D eigenvalue weighted by molar-refractivity contribution is 7.89. The molecule has 0 heterocycles. The van der Waals surface area contributed by atoms with Crippen LogP contribution < -0.4 is 4.72 Å². The minimum Gasteiger partial charge on any atom is -0.211 e. The average molecular weight is 352 g/mol. The molecule has 3 nitrogen and oxygen atoms in total. The van der Waals surface area contributed by atoms with Crippen LogP contribution in [0.15, 0.2) is 59.5 Å². The second kappa shape index (κ2) is 14.9. The summed E-state index contributed by atoms with van der Waals surface area (Å²) in [5, 5.41) is 0. The molecule has 0 unspecified atom stereocenters. The highest BCUT2D eigenvalue weighted by Gasteiger charge is 2.11. The largest absolute Gasteiger partial charge is 0.240 e. The molecule has 4 heteroatoms. The first-order valence-electron chi connectivity index (χ1n) is 8.78. The third-order valence-electron chi connectivity index (χ3n) is 2.61. The monoisotopic (exact) mass is 351 g/mol. The molecule has 0 radical (unpaired) electrons. The third-order valence-corrected chi connectivity index (χ3v) is 4.17. The van der Waals surface area contributed by atoms with Crippen LogP contribution in [0.5, 0.6) is 0 Å². The quantitative estimate of drug-likeness (QED) is 0.764. The summed E-state index contributed by atoms with van der Waals surface area (Å²) in [6, 6.07) is 16.7. The van der Waals surface area contributed by atoms with Crippen molar-refractivity contribution in [3.05, 3.63) is 54.6 Å². The number of hydrogen-bond donors (Lipinski definition) is 1. The van der Waals surface area contributed by atoms with Gasteiger partial charge in [-0.1, -0.05) is 90.9 Å². The van der Waals surface area contributed by atoms with Gasteiger partial charge in [0.15, 0.2) is 0 Å². The first-order chi connectivity index (χ1) is 11.6. The van der Waals surface area contributed by atoms with E-state index in [1.165, 1.54) is 0 Å². The fourth-order valence-corrected chi connectivity index (χ4v) is 2.77. The Labute approximate surface area is 149 Å². The van der Waals surface area contributed by atoms with Crippen molar-refractivity contribution in [1.29, 1.82) is 0 Å². The van der Waals surface area contributed by atoms with Crippen LogP contribution in [0.2, 0.25) is 0 Å². The fourth-order valence-electron chi connectivity index (χ4n) is 1.73. The molecule has 2 aromatic rings. The Morgan fingerprint density at radius 1 is 0.708 bits per heavy atom. The van der Waals surface area contributed by atoms with E-state index in [-0.39, 0.29) is 0 Å². The van der Waals surface area contributed by atoms with Crippen molar-refractivity contribution in [2.45, 2.75) is 53.4 Å². The third kappa shape index (κ3) is 8.27. The van der Waals surface area contributed by atoms with Crippen LogP contribution in [0.1, 0.15) is 48.5 Å². The Morgan fingerprint density at radius 3 is 1.54 bits per heavy atom. The van der Waals surface area contributed by atoms with E-state index in [1.807, 2.05) is 84.0 Å². The first-order valence-corrected chi connectivity index (χ1v) is 10.3. The predicted molar refractivity (Wildman–Crippen MR) is 107 cm³/mol. The molecule has 0 aliphatic rings. The number of rotatable bonds is 4. The van der Waals surface area contributed by atoms with Crippen molar-refractivity contribution in [3.8, 4) is 11.1 Å². The summed E-state index contributed by atoms with van der Waals surface area (Å²) in [7, 11) is -3.36. The molecule has 24 heavy (non-hydrogen) atoms. The van der Waals surface area contributed by atoms with Gasteiger partial charge < -0.3 is 0 Å². The topological polar surface area (TPSA) is 46.2 Å². The van der Waals surface area contributed by atoms with E-state index in [2.05, 4.69) is 4.72 Å². The Hall–Kier alpha value is -1.65. The van der Waals surface area contributed by atoms with Crippen LogP contribution in [0.4, 0.5) is 0 Å². The summed E-state index contributed by atoms with van der Waals surface area (Å²) in [4.78, 5) is 0.295. The molecule has 0 aromatic heterocycles. The summed E-state index contributed by atoms with van der Waals surface area (Å²) in [6.07, 6.45) is 0. The van der Waals surface area contributed by atoms with Crippen LogP contribution in [0.25, 0.3) is 11.1 Å². The molecular weight excluding hydrogens is 318 g/mol. The van der Waals surface area contributed by atoms with Crippen LogP contribution in [-0.2, 0) is 10.0 Å². The molecule has 0 aliphatic carbocycles. The van der Waals surface area contributed by atoms with Crippen LogP contribution in [0.3, 0.4) is 0 Å². The minimum absolute atomic E-state index is 0.295. The van der Waals surface area contributed by atoms with Crippen LogP contribution in [0, 0.1) is 0 Å². The van der Waals surface area contributed by atoms with Crippen molar-refractivity contribution in [2.75, 3.05) is 6.54 Å². The minimum atomic E-state index is -3.36. The number of hydrogen-bond acceptors (Lipinski definition) is 2. The first kappa shape index (κ1) is 24.6. The summed E-state index contributed by atoms with van der Waals surface area (Å²) in [5.41, 5.74) is 2.08. The van der Waals surface area contributed by atoms with Crippen LogP contribution >= 0.6 is 0 Å². The normalized spacial score (nSPS) is 9.29. The van der Waals surface area contributed by atoms with E-state index in [9.17, 15) is 8.42 Å². The SMILES string of the molecule is CC.CC.CC.CCNS(=O)(=O)c1ccc(-c2ccccc2)cc1. The Kier molecular flexibility index (Phi) is 15.3. The van der Waals surface area contributed by atoms with Crippen molar-refractivity contribution in [3.63, 3.8) is 0 Å². The maximum atomic E-state index is 11.8. The summed E-state index contributed by atoms with van der Waals surface area (Å²) >= 11 is 0. The van der Waals surface area contributed by atoms with E-state index in [1.54, 1.807) is 19.1 Å². The predicted octanol–water partition coefficient (Wildman–Crippen LogP) is 5.73. The molecule has 0 saturated carbocycles. The van der Waals surface area contributed by atoms with Gasteiger partial charge in [0.1, 0.15) is 0 Å². The average Bonchev–Trinajstić information content (AvgIpc) is 2.67. The molecule has 0 bridgehead atoms. The maximum Gasteiger partial charge on any atom is 0.240 e. The van der Waals surface area contributed by atoms with Crippen molar-refractivity contribution < 1.29 is 8.42 Å². The zero-order valence-electron chi connectivity index (χ0n) is 16.1. The summed E-state index contributed by atoms with van der Waals surface area (Å²) in [5.74, 6) is 0. The highest BCUT2D eigenvalue weighted by Crippen LogP contribution is 2.20. The van der Waals surface area contributed by atoms with Crippen molar-refractivity contribution in [1.82, 2.24) is 4.72 Å². The number of benzene rings is 2. The zero-order chi connectivity index (χ0) is 19.0. The molecule has 0 spiro atoms. The van der Waals surface area contributed by atoms with E-state index >= 15 is 0 Å². The molecule has 2 aromatic carbocycles. The lowest BCUT2D eigenvalue weighted by Crippen LogP contribution is -2.22. The van der Waals surface area contributed by atoms with Gasteiger partial charge >= 0.3 is 0 Å². The second-order valence-corrected chi connectivity index (χ2v) is 5.66. The van der Waals surface area contributed by atoms with Gasteiger partial charge in [-0.25, -0.2) is 13.1 Å². The van der Waals surface area contributed by atoms with E-state index in [0.717, 1.165) is 11.1 Å². The zero-order valence-corrected chi connectivity index (χ0v) is 16.9. The lowest BCUT2D eigenvalue weighted by molar-refractivity contribution is 0.584. The summed E-state index contributed by atoms with van der Waals surface area (Å²) in [6.45, 7) is 14.2. The van der Waals surface area contributed by atoms with Crippen molar-refractivity contribution in [2.24, 2.45) is 0 Å². The Morgan fingerprint density at radius 2 is 1.12 bits per heavy atom. The smallest absolute Gasteiger partial charge is 0.211 e. The molecule has 0 amide bonds.